The first-order chi connectivity index (χ1) is 9.04. The molecule has 0 bridgehead atoms. The highest BCUT2D eigenvalue weighted by Crippen LogP contribution is 2.25. The molecule has 0 saturated heterocycles. The van der Waals surface area contributed by atoms with Gasteiger partial charge in [0.25, 0.3) is 0 Å². The molecule has 0 unspecified atom stereocenters. The Kier molecular flexibility index (Phi) is 6.02. The van der Waals surface area contributed by atoms with Crippen LogP contribution in [0.4, 0.5) is 11.6 Å². The number of hydrazine groups is 1. The van der Waals surface area contributed by atoms with Crippen LogP contribution in [0.15, 0.2) is 0 Å². The van der Waals surface area contributed by atoms with Crippen molar-refractivity contribution in [3.8, 4) is 0 Å². The number of anilines is 2. The molecule has 19 heavy (non-hydrogen) atoms. The number of hydrogen-bond acceptors (Lipinski definition) is 5. The molecule has 0 aliphatic rings. The number of nitrogens with zero attached hydrogens (tertiary/aromatic N) is 3. The van der Waals surface area contributed by atoms with Crippen LogP contribution in [0.25, 0.3) is 0 Å². The van der Waals surface area contributed by atoms with E-state index in [2.05, 4.69) is 43.0 Å². The number of aryl methyl sites for hydroxylation is 1. The SMILES string of the molecule is CCCc1nc(NN)c(C)c(N(CCC)C(C)C)n1. The zero-order valence-electron chi connectivity index (χ0n) is 12.8. The largest absolute Gasteiger partial charge is 0.354 e. The van der Waals surface area contributed by atoms with Crippen LogP contribution in [0.1, 0.15) is 51.9 Å². The van der Waals surface area contributed by atoms with Crippen molar-refractivity contribution in [3.63, 3.8) is 0 Å². The maximum absolute atomic E-state index is 5.58. The van der Waals surface area contributed by atoms with E-state index in [9.17, 15) is 0 Å². The predicted octanol–water partition coefficient (Wildman–Crippen LogP) is 2.65. The Bertz CT molecular complexity index is 403. The van der Waals surface area contributed by atoms with Crippen LogP contribution in [0.2, 0.25) is 0 Å². The van der Waals surface area contributed by atoms with Gasteiger partial charge in [0.15, 0.2) is 0 Å². The molecule has 1 aromatic rings. The smallest absolute Gasteiger partial charge is 0.148 e. The van der Waals surface area contributed by atoms with E-state index < -0.39 is 0 Å². The molecule has 0 saturated carbocycles. The van der Waals surface area contributed by atoms with Crippen molar-refractivity contribution in [1.82, 2.24) is 9.97 Å². The fourth-order valence-corrected chi connectivity index (χ4v) is 2.16. The van der Waals surface area contributed by atoms with Crippen LogP contribution in [0.3, 0.4) is 0 Å². The van der Waals surface area contributed by atoms with Gasteiger partial charge in [0, 0.05) is 24.6 Å². The van der Waals surface area contributed by atoms with E-state index in [1.807, 2.05) is 6.92 Å². The van der Waals surface area contributed by atoms with E-state index in [1.54, 1.807) is 0 Å². The summed E-state index contributed by atoms with van der Waals surface area (Å²) in [6, 6.07) is 0.411. The molecule has 5 nitrogen and oxygen atoms in total. The van der Waals surface area contributed by atoms with Gasteiger partial charge in [-0.1, -0.05) is 13.8 Å². The zero-order valence-corrected chi connectivity index (χ0v) is 12.8. The van der Waals surface area contributed by atoms with Crippen LogP contribution in [0, 0.1) is 6.92 Å². The van der Waals surface area contributed by atoms with Crippen molar-refractivity contribution in [2.45, 2.75) is 59.9 Å². The minimum atomic E-state index is 0.411. The number of hydrogen-bond donors (Lipinski definition) is 2. The van der Waals surface area contributed by atoms with E-state index in [0.29, 0.717) is 6.04 Å². The lowest BCUT2D eigenvalue weighted by molar-refractivity contribution is 0.654. The molecule has 108 valence electrons. The maximum atomic E-state index is 5.58. The first-order valence-corrected chi connectivity index (χ1v) is 7.15. The lowest BCUT2D eigenvalue weighted by Crippen LogP contribution is -2.33. The van der Waals surface area contributed by atoms with Crippen molar-refractivity contribution < 1.29 is 0 Å². The molecule has 1 rings (SSSR count). The maximum Gasteiger partial charge on any atom is 0.148 e. The highest BCUT2D eigenvalue weighted by atomic mass is 15.3. The summed E-state index contributed by atoms with van der Waals surface area (Å²) in [5.74, 6) is 8.17. The monoisotopic (exact) mass is 265 g/mol. The normalized spacial score (nSPS) is 10.9. The number of aromatic nitrogens is 2. The molecule has 0 amide bonds. The molecule has 0 aromatic carbocycles. The van der Waals surface area contributed by atoms with Gasteiger partial charge >= 0.3 is 0 Å². The van der Waals surface area contributed by atoms with Crippen LogP contribution in [-0.4, -0.2) is 22.6 Å². The topological polar surface area (TPSA) is 67.1 Å². The van der Waals surface area contributed by atoms with E-state index in [1.165, 1.54) is 0 Å². The Morgan fingerprint density at radius 2 is 1.89 bits per heavy atom. The first-order valence-electron chi connectivity index (χ1n) is 7.15. The lowest BCUT2D eigenvalue weighted by Gasteiger charge is -2.29. The van der Waals surface area contributed by atoms with Gasteiger partial charge in [-0.2, -0.15) is 0 Å². The highest BCUT2D eigenvalue weighted by Gasteiger charge is 2.17. The van der Waals surface area contributed by atoms with E-state index >= 15 is 0 Å². The van der Waals surface area contributed by atoms with Gasteiger partial charge < -0.3 is 10.3 Å². The molecular formula is C14H27N5. The molecule has 3 N–H and O–H groups in total. The Balaban J connectivity index is 3.25. The third-order valence-electron chi connectivity index (χ3n) is 3.14. The second-order valence-electron chi connectivity index (χ2n) is 5.12. The Labute approximate surface area is 116 Å². The summed E-state index contributed by atoms with van der Waals surface area (Å²) in [6.07, 6.45) is 3.00. The average molecular weight is 265 g/mol. The summed E-state index contributed by atoms with van der Waals surface area (Å²) >= 11 is 0. The van der Waals surface area contributed by atoms with Crippen LogP contribution < -0.4 is 16.2 Å². The summed E-state index contributed by atoms with van der Waals surface area (Å²) in [5, 5.41) is 0. The Hall–Kier alpha value is -1.36. The summed E-state index contributed by atoms with van der Waals surface area (Å²) in [6.45, 7) is 11.7. The fourth-order valence-electron chi connectivity index (χ4n) is 2.16. The van der Waals surface area contributed by atoms with Gasteiger partial charge in [0.2, 0.25) is 0 Å². The first kappa shape index (κ1) is 15.7. The second kappa shape index (κ2) is 7.28. The third kappa shape index (κ3) is 3.80. The highest BCUT2D eigenvalue weighted by molar-refractivity contribution is 5.58. The number of rotatable bonds is 7. The van der Waals surface area contributed by atoms with Crippen LogP contribution >= 0.6 is 0 Å². The van der Waals surface area contributed by atoms with E-state index in [-0.39, 0.29) is 0 Å². The molecule has 0 spiro atoms. The molecule has 0 fully saturated rings. The molecule has 1 aromatic heterocycles. The van der Waals surface area contributed by atoms with Crippen molar-refractivity contribution in [2.24, 2.45) is 5.84 Å². The lowest BCUT2D eigenvalue weighted by atomic mass is 10.2. The minimum Gasteiger partial charge on any atom is -0.354 e. The quantitative estimate of drug-likeness (QED) is 0.586. The Morgan fingerprint density at radius 3 is 2.37 bits per heavy atom. The van der Waals surface area contributed by atoms with Gasteiger partial charge in [-0.25, -0.2) is 15.8 Å². The van der Waals surface area contributed by atoms with Crippen molar-refractivity contribution >= 4 is 11.6 Å². The molecule has 5 heteroatoms. The standard InChI is InChI=1S/C14H27N5/c1-6-8-12-16-13(18-15)11(5)14(17-12)19(9-7-2)10(3)4/h10H,6-9,15H2,1-5H3,(H,16,17,18). The van der Waals surface area contributed by atoms with Gasteiger partial charge in [-0.15, -0.1) is 0 Å². The van der Waals surface area contributed by atoms with E-state index in [0.717, 1.165) is 48.8 Å². The summed E-state index contributed by atoms with van der Waals surface area (Å²) in [7, 11) is 0. The van der Waals surface area contributed by atoms with Crippen molar-refractivity contribution in [1.29, 1.82) is 0 Å². The summed E-state index contributed by atoms with van der Waals surface area (Å²) < 4.78 is 0. The van der Waals surface area contributed by atoms with Crippen LogP contribution in [0.5, 0.6) is 0 Å². The molecule has 0 atom stereocenters. The second-order valence-corrected chi connectivity index (χ2v) is 5.12. The van der Waals surface area contributed by atoms with Gasteiger partial charge in [0.05, 0.1) is 0 Å². The molecule has 1 heterocycles. The number of nitrogens with two attached hydrogens (primary N) is 1. The van der Waals surface area contributed by atoms with Crippen molar-refractivity contribution in [3.05, 3.63) is 11.4 Å². The zero-order chi connectivity index (χ0) is 14.4. The van der Waals surface area contributed by atoms with Gasteiger partial charge in [0.1, 0.15) is 17.5 Å². The van der Waals surface area contributed by atoms with E-state index in [4.69, 9.17) is 10.8 Å². The molecule has 0 aliphatic carbocycles. The summed E-state index contributed by atoms with van der Waals surface area (Å²) in [5.41, 5.74) is 3.71. The average Bonchev–Trinajstić information content (AvgIpc) is 2.38. The minimum absolute atomic E-state index is 0.411. The van der Waals surface area contributed by atoms with Gasteiger partial charge in [-0.05, 0) is 33.6 Å². The third-order valence-corrected chi connectivity index (χ3v) is 3.14. The molecule has 0 radical (unpaired) electrons. The van der Waals surface area contributed by atoms with Crippen LogP contribution in [-0.2, 0) is 6.42 Å². The molecular weight excluding hydrogens is 238 g/mol. The summed E-state index contributed by atoms with van der Waals surface area (Å²) in [4.78, 5) is 11.5. The number of nitrogens with one attached hydrogen (secondary N) is 1. The Morgan fingerprint density at radius 1 is 1.21 bits per heavy atom. The van der Waals surface area contributed by atoms with Crippen molar-refractivity contribution in [2.75, 3.05) is 16.9 Å². The number of nitrogen functional groups attached to an aromatic ring is 1. The molecule has 0 aliphatic heterocycles. The fraction of sp³-hybridized carbons (Fsp3) is 0.714. The predicted molar refractivity (Wildman–Crippen MR) is 81.3 cm³/mol. The van der Waals surface area contributed by atoms with Gasteiger partial charge in [-0.3, -0.25) is 0 Å².